The van der Waals surface area contributed by atoms with Gasteiger partial charge in [-0.2, -0.15) is 0 Å². The number of aliphatic hydroxyl groups excluding tert-OH is 1. The Morgan fingerprint density at radius 1 is 1.47 bits per heavy atom. The van der Waals surface area contributed by atoms with Crippen molar-refractivity contribution in [2.45, 2.75) is 6.36 Å². The van der Waals surface area contributed by atoms with Crippen LogP contribution in [-0.2, 0) is 0 Å². The molecule has 0 unspecified atom stereocenters. The molecule has 1 N–H and O–H groups in total. The van der Waals surface area contributed by atoms with Crippen LogP contribution in [0.4, 0.5) is 13.2 Å². The van der Waals surface area contributed by atoms with Gasteiger partial charge in [0, 0.05) is 17.7 Å². The third-order valence-corrected chi connectivity index (χ3v) is 1.25. The molecule has 2 nitrogen and oxygen atoms in total. The quantitative estimate of drug-likeness (QED) is 0.718. The fourth-order valence-corrected chi connectivity index (χ4v) is 0.797. The average molecular weight is 214 g/mol. The summed E-state index contributed by atoms with van der Waals surface area (Å²) < 4.78 is 39.0. The highest BCUT2D eigenvalue weighted by Gasteiger charge is 2.31. The SMILES string of the molecule is OCC#Cc1cc#cc(OC(F)(F)F)c1. The summed E-state index contributed by atoms with van der Waals surface area (Å²) in [5.74, 6) is 4.20. The van der Waals surface area contributed by atoms with Gasteiger partial charge in [-0.05, 0) is 6.07 Å². The van der Waals surface area contributed by atoms with Crippen LogP contribution in [0.3, 0.4) is 0 Å². The van der Waals surface area contributed by atoms with Crippen LogP contribution < -0.4 is 4.74 Å². The second-order valence-electron chi connectivity index (χ2n) is 2.39. The molecule has 0 spiro atoms. The predicted octanol–water partition coefficient (Wildman–Crippen LogP) is 1.53. The first kappa shape index (κ1) is 11.2. The Morgan fingerprint density at radius 3 is 2.80 bits per heavy atom. The van der Waals surface area contributed by atoms with Crippen molar-refractivity contribution in [3.63, 3.8) is 0 Å². The van der Waals surface area contributed by atoms with Crippen LogP contribution in [0.2, 0.25) is 0 Å². The van der Waals surface area contributed by atoms with Crippen molar-refractivity contribution in [3.05, 3.63) is 29.8 Å². The normalized spacial score (nSPS) is 9.87. The van der Waals surface area contributed by atoms with Gasteiger partial charge in [0.15, 0.2) is 5.75 Å². The summed E-state index contributed by atoms with van der Waals surface area (Å²) in [5, 5.41) is 8.38. The standard InChI is InChI=1S/C10H5F3O2/c11-10(12,13)15-9-5-1-3-8(7-9)4-2-6-14/h3,7,14H,6H2. The van der Waals surface area contributed by atoms with E-state index in [0.717, 1.165) is 6.07 Å². The summed E-state index contributed by atoms with van der Waals surface area (Å²) in [7, 11) is 0. The number of alkyl halides is 3. The first-order valence-electron chi connectivity index (χ1n) is 3.80. The van der Waals surface area contributed by atoms with Crippen LogP contribution in [0.15, 0.2) is 12.1 Å². The van der Waals surface area contributed by atoms with Crippen LogP contribution in [0, 0.1) is 24.0 Å². The largest absolute Gasteiger partial charge is 0.573 e. The summed E-state index contributed by atoms with van der Waals surface area (Å²) in [5.41, 5.74) is 0.266. The molecule has 0 atom stereocenters. The molecule has 0 fully saturated rings. The van der Waals surface area contributed by atoms with Crippen molar-refractivity contribution >= 4 is 0 Å². The Kier molecular flexibility index (Phi) is 3.43. The van der Waals surface area contributed by atoms with Gasteiger partial charge in [0.05, 0.1) is 0 Å². The Morgan fingerprint density at radius 2 is 2.20 bits per heavy atom. The number of halogens is 3. The zero-order valence-electron chi connectivity index (χ0n) is 7.35. The molecule has 5 heteroatoms. The minimum atomic E-state index is -4.76. The van der Waals surface area contributed by atoms with Gasteiger partial charge in [-0.25, -0.2) is 0 Å². The summed E-state index contributed by atoms with van der Waals surface area (Å²) >= 11 is 0. The second-order valence-corrected chi connectivity index (χ2v) is 2.39. The molecule has 1 aromatic carbocycles. The molecule has 0 radical (unpaired) electrons. The van der Waals surface area contributed by atoms with Gasteiger partial charge < -0.3 is 9.84 Å². The topological polar surface area (TPSA) is 29.5 Å². The number of hydrogen-bond donors (Lipinski definition) is 1. The lowest BCUT2D eigenvalue weighted by molar-refractivity contribution is -0.274. The van der Waals surface area contributed by atoms with E-state index in [1.807, 2.05) is 0 Å². The van der Waals surface area contributed by atoms with Crippen LogP contribution in [0.25, 0.3) is 0 Å². The van der Waals surface area contributed by atoms with Crippen molar-refractivity contribution < 1.29 is 23.0 Å². The molecule has 15 heavy (non-hydrogen) atoms. The number of rotatable bonds is 1. The van der Waals surface area contributed by atoms with E-state index >= 15 is 0 Å². The lowest BCUT2D eigenvalue weighted by atomic mass is 10.2. The molecule has 0 saturated carbocycles. The maximum atomic E-state index is 11.8. The Hall–Kier alpha value is -1.85. The monoisotopic (exact) mass is 214 g/mol. The van der Waals surface area contributed by atoms with Crippen molar-refractivity contribution in [1.82, 2.24) is 0 Å². The van der Waals surface area contributed by atoms with E-state index in [9.17, 15) is 13.2 Å². The van der Waals surface area contributed by atoms with Crippen molar-refractivity contribution in [2.24, 2.45) is 0 Å². The van der Waals surface area contributed by atoms with E-state index in [4.69, 9.17) is 5.11 Å². The highest BCUT2D eigenvalue weighted by atomic mass is 19.4. The Bertz CT molecular complexity index is 388. The van der Waals surface area contributed by atoms with Crippen molar-refractivity contribution in [1.29, 1.82) is 0 Å². The first-order valence-corrected chi connectivity index (χ1v) is 3.80. The molecular formula is C10H5F3O2. The molecule has 1 aromatic rings. The van der Waals surface area contributed by atoms with Crippen LogP contribution in [0.5, 0.6) is 5.75 Å². The van der Waals surface area contributed by atoms with Gasteiger partial charge in [0.25, 0.3) is 0 Å². The number of aliphatic hydroxyl groups is 1. The lowest BCUT2D eigenvalue weighted by Crippen LogP contribution is -2.16. The summed E-state index contributed by atoms with van der Waals surface area (Å²) in [6.07, 6.45) is -4.76. The van der Waals surface area contributed by atoms with Gasteiger partial charge in [0.2, 0.25) is 0 Å². The van der Waals surface area contributed by atoms with Crippen molar-refractivity contribution in [3.8, 4) is 17.6 Å². The summed E-state index contributed by atoms with van der Waals surface area (Å²) in [4.78, 5) is 0. The van der Waals surface area contributed by atoms with Gasteiger partial charge in [-0.15, -0.1) is 13.2 Å². The van der Waals surface area contributed by atoms with Gasteiger partial charge in [-0.1, -0.05) is 17.9 Å². The number of hydrogen-bond acceptors (Lipinski definition) is 2. The van der Waals surface area contributed by atoms with Crippen LogP contribution in [-0.4, -0.2) is 18.1 Å². The van der Waals surface area contributed by atoms with Gasteiger partial charge in [0.1, 0.15) is 6.61 Å². The van der Waals surface area contributed by atoms with E-state index < -0.39 is 12.1 Å². The first-order chi connectivity index (χ1) is 7.01. The zero-order valence-corrected chi connectivity index (χ0v) is 7.35. The van der Waals surface area contributed by atoms with Gasteiger partial charge >= 0.3 is 6.36 Å². The van der Waals surface area contributed by atoms with E-state index in [1.165, 1.54) is 6.07 Å². The average Bonchev–Trinajstić information content (AvgIpc) is 2.12. The smallest absolute Gasteiger partial charge is 0.397 e. The lowest BCUT2D eigenvalue weighted by Gasteiger charge is -2.05. The molecule has 1 rings (SSSR count). The molecule has 0 aliphatic carbocycles. The Labute approximate surface area is 84.3 Å². The molecule has 0 heterocycles. The summed E-state index contributed by atoms with van der Waals surface area (Å²) in [6, 6.07) is 6.87. The molecule has 0 saturated heterocycles. The highest BCUT2D eigenvalue weighted by molar-refractivity contribution is 5.37. The third-order valence-electron chi connectivity index (χ3n) is 1.25. The molecule has 0 aromatic heterocycles. The molecule has 0 bridgehead atoms. The van der Waals surface area contributed by atoms with Crippen LogP contribution in [0.1, 0.15) is 5.56 Å². The fourth-order valence-electron chi connectivity index (χ4n) is 0.797. The zero-order chi connectivity index (χ0) is 11.3. The predicted molar refractivity (Wildman–Crippen MR) is 44.8 cm³/mol. The molecule has 0 aliphatic rings. The van der Waals surface area contributed by atoms with Crippen LogP contribution >= 0.6 is 0 Å². The molecule has 0 amide bonds. The molecular weight excluding hydrogens is 209 g/mol. The number of ether oxygens (including phenoxy) is 1. The minimum absolute atomic E-state index is 0.266. The summed E-state index contributed by atoms with van der Waals surface area (Å²) in [6.45, 7) is -0.367. The van der Waals surface area contributed by atoms with E-state index in [-0.39, 0.29) is 12.2 Å². The minimum Gasteiger partial charge on any atom is -0.397 e. The molecule has 78 valence electrons. The van der Waals surface area contributed by atoms with E-state index in [1.54, 1.807) is 0 Å². The highest BCUT2D eigenvalue weighted by Crippen LogP contribution is 2.21. The maximum absolute atomic E-state index is 11.8. The maximum Gasteiger partial charge on any atom is 0.573 e. The fraction of sp³-hybridized carbons (Fsp3) is 0.200. The van der Waals surface area contributed by atoms with Crippen molar-refractivity contribution in [2.75, 3.05) is 6.61 Å². The van der Waals surface area contributed by atoms with E-state index in [0.29, 0.717) is 0 Å². The molecule has 0 aliphatic heterocycles. The second kappa shape index (κ2) is 4.59. The Balaban J connectivity index is 2.83. The third kappa shape index (κ3) is 4.26. The van der Waals surface area contributed by atoms with E-state index in [2.05, 4.69) is 28.7 Å². The van der Waals surface area contributed by atoms with Gasteiger partial charge in [-0.3, -0.25) is 0 Å².